The van der Waals surface area contributed by atoms with Gasteiger partial charge in [0.05, 0.1) is 0 Å². The molecule has 0 N–H and O–H groups in total. The van der Waals surface area contributed by atoms with Crippen LogP contribution in [0.5, 0.6) is 0 Å². The fourth-order valence-corrected chi connectivity index (χ4v) is 1.48. The van der Waals surface area contributed by atoms with E-state index in [1.807, 2.05) is 30.3 Å². The highest BCUT2D eigenvalue weighted by Crippen LogP contribution is 2.33. The van der Waals surface area contributed by atoms with E-state index in [0.29, 0.717) is 0 Å². The Morgan fingerprint density at radius 1 is 1.21 bits per heavy atom. The second-order valence-electron chi connectivity index (χ2n) is 3.73. The average Bonchev–Trinajstić information content (AvgIpc) is 2.41. The van der Waals surface area contributed by atoms with Gasteiger partial charge < -0.3 is 9.47 Å². The number of hydrogen-bond acceptors (Lipinski definition) is 3. The van der Waals surface area contributed by atoms with Crippen molar-refractivity contribution in [2.45, 2.75) is 25.7 Å². The number of rotatable bonds is 1. The minimum absolute atomic E-state index is 0.318. The van der Waals surface area contributed by atoms with Crippen molar-refractivity contribution in [3.63, 3.8) is 0 Å². The Bertz CT molecular complexity index is 343. The van der Waals surface area contributed by atoms with Crippen LogP contribution in [0.1, 0.15) is 25.5 Å². The molecule has 1 saturated heterocycles. The van der Waals surface area contributed by atoms with Crippen molar-refractivity contribution in [2.75, 3.05) is 0 Å². The number of benzene rings is 1. The lowest BCUT2D eigenvalue weighted by molar-refractivity contribution is -0.160. The predicted molar refractivity (Wildman–Crippen MR) is 50.4 cm³/mol. The summed E-state index contributed by atoms with van der Waals surface area (Å²) in [5.74, 6) is -1.13. The first-order valence-electron chi connectivity index (χ1n) is 4.54. The molecule has 3 nitrogen and oxygen atoms in total. The molecule has 0 spiro atoms. The van der Waals surface area contributed by atoms with Crippen LogP contribution in [0.15, 0.2) is 30.3 Å². The first-order valence-corrected chi connectivity index (χ1v) is 4.54. The van der Waals surface area contributed by atoms with Crippen molar-refractivity contribution in [3.8, 4) is 0 Å². The van der Waals surface area contributed by atoms with Crippen LogP contribution in [0.25, 0.3) is 0 Å². The quantitative estimate of drug-likeness (QED) is 0.639. The number of carbonyl (C=O) groups is 1. The zero-order valence-corrected chi connectivity index (χ0v) is 8.19. The second-order valence-corrected chi connectivity index (χ2v) is 3.73. The van der Waals surface area contributed by atoms with Gasteiger partial charge in [0.25, 0.3) is 0 Å². The highest BCUT2D eigenvalue weighted by atomic mass is 16.8. The molecule has 0 amide bonds. The standard InChI is InChI=1S/C11H12O3/c1-11(2)13-9(10(12)14-11)8-6-4-3-5-7-8/h3-7,9H,1-2H3/t9-/m0/s1. The molecule has 0 saturated carbocycles. The van der Waals surface area contributed by atoms with E-state index in [2.05, 4.69) is 0 Å². The molecule has 0 aromatic heterocycles. The molecule has 1 aromatic rings. The highest BCUT2D eigenvalue weighted by Gasteiger charge is 2.41. The Hall–Kier alpha value is -1.35. The maximum atomic E-state index is 11.4. The van der Waals surface area contributed by atoms with E-state index >= 15 is 0 Å². The number of ether oxygens (including phenoxy) is 2. The van der Waals surface area contributed by atoms with Crippen molar-refractivity contribution in [1.82, 2.24) is 0 Å². The monoisotopic (exact) mass is 192 g/mol. The highest BCUT2D eigenvalue weighted by molar-refractivity contribution is 5.78. The van der Waals surface area contributed by atoms with E-state index in [-0.39, 0.29) is 5.97 Å². The molecule has 0 aliphatic carbocycles. The summed E-state index contributed by atoms with van der Waals surface area (Å²) in [6, 6.07) is 9.35. The van der Waals surface area contributed by atoms with Crippen molar-refractivity contribution < 1.29 is 14.3 Å². The zero-order valence-electron chi connectivity index (χ0n) is 8.19. The van der Waals surface area contributed by atoms with Gasteiger partial charge >= 0.3 is 5.97 Å². The minimum Gasteiger partial charge on any atom is -0.431 e. The third kappa shape index (κ3) is 1.63. The van der Waals surface area contributed by atoms with Crippen LogP contribution in [0.4, 0.5) is 0 Å². The van der Waals surface area contributed by atoms with Crippen LogP contribution >= 0.6 is 0 Å². The predicted octanol–water partition coefficient (Wildman–Crippen LogP) is 2.04. The van der Waals surface area contributed by atoms with Gasteiger partial charge in [-0.2, -0.15) is 0 Å². The molecule has 74 valence electrons. The molecule has 1 aliphatic heterocycles. The molecule has 14 heavy (non-hydrogen) atoms. The Kier molecular flexibility index (Phi) is 2.04. The summed E-state index contributed by atoms with van der Waals surface area (Å²) in [7, 11) is 0. The lowest BCUT2D eigenvalue weighted by atomic mass is 10.1. The summed E-state index contributed by atoms with van der Waals surface area (Å²) in [5, 5.41) is 0. The molecular weight excluding hydrogens is 180 g/mol. The van der Waals surface area contributed by atoms with Gasteiger partial charge in [0.15, 0.2) is 6.10 Å². The molecule has 1 aromatic carbocycles. The average molecular weight is 192 g/mol. The van der Waals surface area contributed by atoms with Crippen molar-refractivity contribution in [1.29, 1.82) is 0 Å². The Morgan fingerprint density at radius 2 is 1.86 bits per heavy atom. The minimum atomic E-state index is -0.808. The van der Waals surface area contributed by atoms with Gasteiger partial charge in [0.1, 0.15) is 0 Å². The third-order valence-electron chi connectivity index (χ3n) is 2.06. The van der Waals surface area contributed by atoms with Gasteiger partial charge in [-0.25, -0.2) is 4.79 Å². The lowest BCUT2D eigenvalue weighted by Crippen LogP contribution is -2.20. The zero-order chi connectivity index (χ0) is 10.2. The van der Waals surface area contributed by atoms with Crippen LogP contribution in [0, 0.1) is 0 Å². The summed E-state index contributed by atoms with van der Waals surface area (Å²) in [5.41, 5.74) is 0.836. The smallest absolute Gasteiger partial charge is 0.342 e. The number of carbonyl (C=O) groups excluding carboxylic acids is 1. The topological polar surface area (TPSA) is 35.5 Å². The van der Waals surface area contributed by atoms with Gasteiger partial charge in [-0.05, 0) is 5.56 Å². The molecule has 1 fully saturated rings. The van der Waals surface area contributed by atoms with Gasteiger partial charge in [-0.15, -0.1) is 0 Å². The molecule has 0 unspecified atom stereocenters. The number of esters is 1. The molecule has 1 heterocycles. The van der Waals surface area contributed by atoms with E-state index in [9.17, 15) is 4.79 Å². The molecule has 0 bridgehead atoms. The molecular formula is C11H12O3. The number of hydrogen-bond donors (Lipinski definition) is 0. The summed E-state index contributed by atoms with van der Waals surface area (Å²) in [6.45, 7) is 3.46. The normalized spacial score (nSPS) is 24.7. The summed E-state index contributed by atoms with van der Waals surface area (Å²) in [6.07, 6.45) is -0.578. The molecule has 1 atom stereocenters. The van der Waals surface area contributed by atoms with Crippen LogP contribution in [0.3, 0.4) is 0 Å². The molecule has 1 aliphatic rings. The third-order valence-corrected chi connectivity index (χ3v) is 2.06. The largest absolute Gasteiger partial charge is 0.431 e. The first-order chi connectivity index (χ1) is 6.58. The number of cyclic esters (lactones) is 1. The van der Waals surface area contributed by atoms with E-state index in [0.717, 1.165) is 5.56 Å². The Balaban J connectivity index is 2.26. The fourth-order valence-electron chi connectivity index (χ4n) is 1.48. The maximum absolute atomic E-state index is 11.4. The van der Waals surface area contributed by atoms with E-state index in [1.54, 1.807) is 13.8 Å². The van der Waals surface area contributed by atoms with Gasteiger partial charge in [0, 0.05) is 13.8 Å². The van der Waals surface area contributed by atoms with Crippen LogP contribution in [-0.2, 0) is 14.3 Å². The first kappa shape index (κ1) is 9.21. The Morgan fingerprint density at radius 3 is 2.36 bits per heavy atom. The summed E-state index contributed by atoms with van der Waals surface area (Å²) >= 11 is 0. The van der Waals surface area contributed by atoms with Gasteiger partial charge in [0.2, 0.25) is 5.79 Å². The fraction of sp³-hybridized carbons (Fsp3) is 0.364. The van der Waals surface area contributed by atoms with E-state index < -0.39 is 11.9 Å². The van der Waals surface area contributed by atoms with E-state index in [4.69, 9.17) is 9.47 Å². The summed E-state index contributed by atoms with van der Waals surface area (Å²) in [4.78, 5) is 11.4. The van der Waals surface area contributed by atoms with Gasteiger partial charge in [-0.3, -0.25) is 0 Å². The molecule has 2 rings (SSSR count). The van der Waals surface area contributed by atoms with Crippen LogP contribution < -0.4 is 0 Å². The van der Waals surface area contributed by atoms with Crippen molar-refractivity contribution >= 4 is 5.97 Å². The van der Waals surface area contributed by atoms with E-state index in [1.165, 1.54) is 0 Å². The Labute approximate surface area is 82.6 Å². The second kappa shape index (κ2) is 3.10. The SMILES string of the molecule is CC1(C)OC(=O)[C@H](c2ccccc2)O1. The molecule has 0 radical (unpaired) electrons. The van der Waals surface area contributed by atoms with Crippen LogP contribution in [-0.4, -0.2) is 11.8 Å². The van der Waals surface area contributed by atoms with Gasteiger partial charge in [-0.1, -0.05) is 30.3 Å². The molecule has 3 heteroatoms. The van der Waals surface area contributed by atoms with Crippen molar-refractivity contribution in [2.24, 2.45) is 0 Å². The van der Waals surface area contributed by atoms with Crippen molar-refractivity contribution in [3.05, 3.63) is 35.9 Å². The summed E-state index contributed by atoms with van der Waals surface area (Å²) < 4.78 is 10.5. The lowest BCUT2D eigenvalue weighted by Gasteiger charge is -2.15. The maximum Gasteiger partial charge on any atom is 0.342 e. The van der Waals surface area contributed by atoms with Crippen LogP contribution in [0.2, 0.25) is 0 Å².